The van der Waals surface area contributed by atoms with Crippen molar-refractivity contribution in [3.63, 3.8) is 0 Å². The largest absolute Gasteiger partial charge is 0.461 e. The molecule has 2 aromatic carbocycles. The van der Waals surface area contributed by atoms with E-state index in [0.717, 1.165) is 19.4 Å². The second-order valence-corrected chi connectivity index (χ2v) is 14.4. The lowest BCUT2D eigenvalue weighted by atomic mass is 9.91. The first-order valence-corrected chi connectivity index (χ1v) is 16.8. The molecule has 13 heteroatoms. The van der Waals surface area contributed by atoms with Gasteiger partial charge in [-0.05, 0) is 62.2 Å². The third kappa shape index (κ3) is 4.59. The van der Waals surface area contributed by atoms with E-state index in [-0.39, 0.29) is 76.6 Å². The number of aryl methyl sites for hydroxylation is 1. The highest BCUT2D eigenvalue weighted by atomic mass is 19.2. The zero-order valence-electron chi connectivity index (χ0n) is 26.6. The Morgan fingerprint density at radius 2 is 1.94 bits per heavy atom. The molecule has 5 aliphatic rings. The van der Waals surface area contributed by atoms with Crippen molar-refractivity contribution >= 4 is 33.2 Å². The highest BCUT2D eigenvalue weighted by Crippen LogP contribution is 2.49. The fourth-order valence-corrected chi connectivity index (χ4v) is 9.22. The lowest BCUT2D eigenvalue weighted by Crippen LogP contribution is -2.68. The van der Waals surface area contributed by atoms with Gasteiger partial charge in [0.15, 0.2) is 17.4 Å². The molecule has 0 radical (unpaired) electrons. The molecule has 4 fully saturated rings. The maximum absolute atomic E-state index is 17.2. The monoisotopic (exact) mass is 675 g/mol. The van der Waals surface area contributed by atoms with Gasteiger partial charge in [-0.1, -0.05) is 12.0 Å². The molecule has 0 unspecified atom stereocenters. The second kappa shape index (κ2) is 10.6. The van der Waals surface area contributed by atoms with Crippen LogP contribution in [0.2, 0.25) is 0 Å². The molecule has 0 aliphatic carbocycles. The van der Waals surface area contributed by atoms with Crippen molar-refractivity contribution in [3.05, 3.63) is 47.2 Å². The van der Waals surface area contributed by atoms with Gasteiger partial charge in [0, 0.05) is 42.4 Å². The number of alkyl halides is 3. The minimum atomic E-state index is -2.02. The van der Waals surface area contributed by atoms with E-state index in [1.54, 1.807) is 11.0 Å². The Morgan fingerprint density at radius 3 is 2.78 bits per heavy atom. The number of nitrogens with two attached hydrogens (primary N) is 1. The van der Waals surface area contributed by atoms with E-state index in [1.165, 1.54) is 18.2 Å². The zero-order valence-corrected chi connectivity index (χ0v) is 26.6. The summed E-state index contributed by atoms with van der Waals surface area (Å²) in [5.41, 5.74) is 6.24. The third-order valence-corrected chi connectivity index (χ3v) is 11.3. The van der Waals surface area contributed by atoms with Crippen LogP contribution in [-0.2, 0) is 6.42 Å². The van der Waals surface area contributed by atoms with Gasteiger partial charge in [0.1, 0.15) is 35.6 Å². The lowest BCUT2D eigenvalue weighted by molar-refractivity contribution is 0.00892. The first-order chi connectivity index (χ1) is 23.5. The van der Waals surface area contributed by atoms with Crippen molar-refractivity contribution < 1.29 is 26.7 Å². The van der Waals surface area contributed by atoms with Crippen LogP contribution in [0.15, 0.2) is 24.3 Å². The van der Waals surface area contributed by atoms with Crippen LogP contribution in [0.4, 0.5) is 33.5 Å². The minimum Gasteiger partial charge on any atom is -0.461 e. The zero-order chi connectivity index (χ0) is 33.9. The molecule has 0 amide bonds. The van der Waals surface area contributed by atoms with Crippen LogP contribution < -0.4 is 20.7 Å². The van der Waals surface area contributed by atoms with Gasteiger partial charge >= 0.3 is 6.01 Å². The number of terminal acetylenes is 1. The van der Waals surface area contributed by atoms with Crippen LogP contribution >= 0.6 is 0 Å². The molecule has 8 nitrogen and oxygen atoms in total. The number of nitrogen functional groups attached to an aromatic ring is 1. The number of ether oxygens (including phenoxy) is 1. The molecule has 9 rings (SSSR count). The first kappa shape index (κ1) is 30.8. The molecule has 254 valence electrons. The van der Waals surface area contributed by atoms with Gasteiger partial charge in [0.25, 0.3) is 0 Å². The summed E-state index contributed by atoms with van der Waals surface area (Å²) in [6.45, 7) is 0.910. The number of halogens is 5. The van der Waals surface area contributed by atoms with Gasteiger partial charge in [-0.15, -0.1) is 6.42 Å². The van der Waals surface area contributed by atoms with E-state index in [0.29, 0.717) is 43.3 Å². The van der Waals surface area contributed by atoms with Crippen molar-refractivity contribution in [2.75, 3.05) is 36.9 Å². The van der Waals surface area contributed by atoms with Crippen molar-refractivity contribution in [2.45, 2.75) is 80.7 Å². The summed E-state index contributed by atoms with van der Waals surface area (Å²) >= 11 is 0. The Bertz CT molecular complexity index is 2110. The minimum absolute atomic E-state index is 0.0139. The fraction of sp³-hybridized carbons (Fsp3) is 0.472. The van der Waals surface area contributed by atoms with Crippen LogP contribution in [0.3, 0.4) is 0 Å². The summed E-state index contributed by atoms with van der Waals surface area (Å²) in [6.07, 6.45) is 7.75. The van der Waals surface area contributed by atoms with Crippen molar-refractivity contribution in [1.82, 2.24) is 25.2 Å². The van der Waals surface area contributed by atoms with E-state index in [1.807, 2.05) is 0 Å². The molecule has 2 aromatic heterocycles. The topological polar surface area (TPSA) is 92.4 Å². The predicted molar refractivity (Wildman–Crippen MR) is 175 cm³/mol. The Labute approximate surface area is 279 Å². The average molecular weight is 676 g/mol. The van der Waals surface area contributed by atoms with Crippen LogP contribution in [0, 0.1) is 24.0 Å². The van der Waals surface area contributed by atoms with Gasteiger partial charge in [0.2, 0.25) is 0 Å². The van der Waals surface area contributed by atoms with E-state index in [4.69, 9.17) is 26.9 Å². The van der Waals surface area contributed by atoms with Gasteiger partial charge < -0.3 is 15.4 Å². The Morgan fingerprint density at radius 1 is 1.08 bits per heavy atom. The molecule has 5 atom stereocenters. The fourth-order valence-electron chi connectivity index (χ4n) is 9.22. The predicted octanol–water partition coefficient (Wildman–Crippen LogP) is 5.88. The number of nitrogens with one attached hydrogen (secondary N) is 1. The summed E-state index contributed by atoms with van der Waals surface area (Å²) in [4.78, 5) is 17.8. The summed E-state index contributed by atoms with van der Waals surface area (Å²) in [5.74, 6) is -3.03. The molecule has 49 heavy (non-hydrogen) atoms. The third-order valence-electron chi connectivity index (χ3n) is 11.3. The highest BCUT2D eigenvalue weighted by molar-refractivity contribution is 6.04. The Balaban J connectivity index is 1.27. The molecular weight excluding hydrogens is 641 g/mol. The lowest BCUT2D eigenvalue weighted by Gasteiger charge is -2.47. The number of aromatic nitrogens is 3. The summed E-state index contributed by atoms with van der Waals surface area (Å²) < 4.78 is 85.4. The molecule has 2 bridgehead atoms. The quantitative estimate of drug-likeness (QED) is 0.120. The molecule has 5 aliphatic heterocycles. The molecule has 0 spiro atoms. The maximum atomic E-state index is 17.2. The van der Waals surface area contributed by atoms with Crippen molar-refractivity contribution in [1.29, 1.82) is 0 Å². The van der Waals surface area contributed by atoms with Crippen LogP contribution in [-0.4, -0.2) is 75.4 Å². The van der Waals surface area contributed by atoms with E-state index >= 15 is 17.6 Å². The van der Waals surface area contributed by atoms with Gasteiger partial charge in [-0.25, -0.2) is 32.3 Å². The number of anilines is 2. The van der Waals surface area contributed by atoms with E-state index in [2.05, 4.69) is 21.1 Å². The van der Waals surface area contributed by atoms with Gasteiger partial charge in [-0.2, -0.15) is 9.97 Å². The Kier molecular flexibility index (Phi) is 6.66. The van der Waals surface area contributed by atoms with E-state index in [9.17, 15) is 4.39 Å². The molecule has 0 saturated carbocycles. The summed E-state index contributed by atoms with van der Waals surface area (Å²) in [5, 5.41) is 3.60. The standard InChI is InChI=1S/C36H34F5N7O/c1-2-22-24(38)8-7-19-13-21(42)14-23(27(19)22)30-29(39)31-28-25(43-30)5-3-6-26-36(41)11-10-35(40,46-36)17-48(26)32(28)45-33(44-31)49-18-34-9-4-12-47(34)16-20(37)15-34/h1,7-8,13-14,20,26,46H,3-6,9-12,15-18,42H2/t20-,26-,34+,35-,36+/m1/s1. The van der Waals surface area contributed by atoms with Crippen LogP contribution in [0.1, 0.15) is 56.2 Å². The number of rotatable bonds is 4. The highest BCUT2D eigenvalue weighted by Gasteiger charge is 2.60. The number of pyridine rings is 1. The van der Waals surface area contributed by atoms with Gasteiger partial charge in [0.05, 0.1) is 34.8 Å². The molecular formula is C36H34F5N7O. The smallest absolute Gasteiger partial charge is 0.319 e. The summed E-state index contributed by atoms with van der Waals surface area (Å²) in [6, 6.07) is 4.90. The first-order valence-electron chi connectivity index (χ1n) is 16.8. The average Bonchev–Trinajstić information content (AvgIpc) is 3.68. The second-order valence-electron chi connectivity index (χ2n) is 14.4. The number of nitrogens with zero attached hydrogens (tertiary/aromatic N) is 5. The van der Waals surface area contributed by atoms with Gasteiger partial charge in [-0.3, -0.25) is 4.90 Å². The van der Waals surface area contributed by atoms with Crippen LogP contribution in [0.25, 0.3) is 32.9 Å². The van der Waals surface area contributed by atoms with Crippen molar-refractivity contribution in [2.24, 2.45) is 0 Å². The Hall–Kier alpha value is -4.28. The SMILES string of the molecule is C#Cc1c(F)ccc2cc(N)cc(-c3nc4c5c(nc(OC[C@@]67CCCN6C[C@H](F)C7)nc5c3F)N3C[C@@]5(F)CC[C@](F)(N5)[C@H]3CCC4)c12. The summed E-state index contributed by atoms with van der Waals surface area (Å²) in [7, 11) is 0. The number of fused-ring (bicyclic) bond motifs is 7. The number of benzene rings is 2. The number of piperazine rings is 1. The number of hydrogen-bond donors (Lipinski definition) is 2. The van der Waals surface area contributed by atoms with Crippen molar-refractivity contribution in [3.8, 4) is 29.6 Å². The molecule has 3 N–H and O–H groups in total. The maximum Gasteiger partial charge on any atom is 0.319 e. The molecule has 4 saturated heterocycles. The normalized spacial score (nSPS) is 30.7. The molecule has 4 aromatic rings. The van der Waals surface area contributed by atoms with Crippen LogP contribution in [0.5, 0.6) is 6.01 Å². The van der Waals surface area contributed by atoms with E-state index < -0.39 is 41.0 Å². The molecule has 7 heterocycles. The number of hydrogen-bond acceptors (Lipinski definition) is 8.